The lowest BCUT2D eigenvalue weighted by Gasteiger charge is -2.06. The van der Waals surface area contributed by atoms with Crippen LogP contribution in [-0.4, -0.2) is 25.7 Å². The van der Waals surface area contributed by atoms with Crippen LogP contribution < -0.4 is 5.32 Å². The molecule has 0 atom stereocenters. The van der Waals surface area contributed by atoms with Crippen LogP contribution in [0.1, 0.15) is 16.2 Å². The third-order valence-electron chi connectivity index (χ3n) is 3.62. The zero-order chi connectivity index (χ0) is 17.4. The highest BCUT2D eigenvalue weighted by Gasteiger charge is 2.11. The second-order valence-electron chi connectivity index (χ2n) is 5.39. The number of fused-ring (bicyclic) bond motifs is 1. The normalized spacial score (nSPS) is 11.0. The minimum Gasteiger partial charge on any atom is -0.322 e. The Morgan fingerprint density at radius 3 is 2.68 bits per heavy atom. The molecule has 0 aliphatic heterocycles. The molecule has 2 aromatic carbocycles. The van der Waals surface area contributed by atoms with Crippen molar-refractivity contribution in [3.63, 3.8) is 0 Å². The SMILES string of the molecule is Cc1nnc2sc(-c3ccc(NC(=O)c4cccc(Br)c4)cc3)nn12. The molecule has 2 aromatic heterocycles. The van der Waals surface area contributed by atoms with Crippen LogP contribution in [0.5, 0.6) is 0 Å². The van der Waals surface area contributed by atoms with E-state index < -0.39 is 0 Å². The fourth-order valence-electron chi connectivity index (χ4n) is 2.36. The van der Waals surface area contributed by atoms with E-state index in [2.05, 4.69) is 36.5 Å². The van der Waals surface area contributed by atoms with Gasteiger partial charge in [0, 0.05) is 21.3 Å². The van der Waals surface area contributed by atoms with E-state index in [-0.39, 0.29) is 5.91 Å². The van der Waals surface area contributed by atoms with E-state index in [9.17, 15) is 4.79 Å². The van der Waals surface area contributed by atoms with Crippen LogP contribution in [0.15, 0.2) is 53.0 Å². The molecule has 0 bridgehead atoms. The monoisotopic (exact) mass is 413 g/mol. The first-order chi connectivity index (χ1) is 12.1. The fraction of sp³-hybridized carbons (Fsp3) is 0.0588. The first kappa shape index (κ1) is 15.9. The highest BCUT2D eigenvalue weighted by Crippen LogP contribution is 2.26. The molecule has 0 fully saturated rings. The number of aromatic nitrogens is 4. The number of nitrogens with one attached hydrogen (secondary N) is 1. The van der Waals surface area contributed by atoms with Crippen molar-refractivity contribution in [2.45, 2.75) is 6.92 Å². The Hall–Kier alpha value is -2.58. The van der Waals surface area contributed by atoms with E-state index in [1.54, 1.807) is 16.6 Å². The summed E-state index contributed by atoms with van der Waals surface area (Å²) in [6, 6.07) is 14.9. The average molecular weight is 414 g/mol. The first-order valence-electron chi connectivity index (χ1n) is 7.46. The van der Waals surface area contributed by atoms with Crippen LogP contribution in [0.25, 0.3) is 15.5 Å². The van der Waals surface area contributed by atoms with Crippen molar-refractivity contribution in [2.75, 3.05) is 5.32 Å². The van der Waals surface area contributed by atoms with Crippen molar-refractivity contribution in [3.8, 4) is 10.6 Å². The van der Waals surface area contributed by atoms with Crippen molar-refractivity contribution < 1.29 is 4.79 Å². The molecule has 4 rings (SSSR count). The molecule has 0 saturated heterocycles. The molecule has 25 heavy (non-hydrogen) atoms. The molecule has 4 aromatic rings. The van der Waals surface area contributed by atoms with E-state index in [0.29, 0.717) is 5.56 Å². The van der Waals surface area contributed by atoms with E-state index in [0.717, 1.165) is 31.5 Å². The minimum atomic E-state index is -0.150. The lowest BCUT2D eigenvalue weighted by molar-refractivity contribution is 0.102. The minimum absolute atomic E-state index is 0.150. The second-order valence-corrected chi connectivity index (χ2v) is 7.26. The Bertz CT molecular complexity index is 1070. The number of benzene rings is 2. The Morgan fingerprint density at radius 2 is 1.96 bits per heavy atom. The summed E-state index contributed by atoms with van der Waals surface area (Å²) >= 11 is 4.85. The van der Waals surface area contributed by atoms with Crippen molar-refractivity contribution >= 4 is 43.8 Å². The molecule has 6 nitrogen and oxygen atoms in total. The zero-order valence-corrected chi connectivity index (χ0v) is 15.5. The van der Waals surface area contributed by atoms with Crippen LogP contribution in [0.2, 0.25) is 0 Å². The van der Waals surface area contributed by atoms with E-state index >= 15 is 0 Å². The molecule has 0 radical (unpaired) electrons. The molecule has 0 aliphatic carbocycles. The maximum absolute atomic E-state index is 12.3. The van der Waals surface area contributed by atoms with Crippen LogP contribution >= 0.6 is 27.3 Å². The van der Waals surface area contributed by atoms with Gasteiger partial charge in [-0.15, -0.1) is 10.2 Å². The average Bonchev–Trinajstić information content (AvgIpc) is 3.18. The maximum Gasteiger partial charge on any atom is 0.255 e. The molecule has 0 spiro atoms. The number of hydrogen-bond donors (Lipinski definition) is 1. The van der Waals surface area contributed by atoms with Gasteiger partial charge in [-0.3, -0.25) is 4.79 Å². The largest absolute Gasteiger partial charge is 0.322 e. The Kier molecular flexibility index (Phi) is 4.06. The van der Waals surface area contributed by atoms with Gasteiger partial charge in [0.2, 0.25) is 4.96 Å². The Balaban J connectivity index is 1.54. The summed E-state index contributed by atoms with van der Waals surface area (Å²) < 4.78 is 2.59. The molecular weight excluding hydrogens is 402 g/mol. The summed E-state index contributed by atoms with van der Waals surface area (Å²) in [7, 11) is 0. The molecule has 1 N–H and O–H groups in total. The zero-order valence-electron chi connectivity index (χ0n) is 13.1. The van der Waals surface area contributed by atoms with Gasteiger partial charge in [-0.05, 0) is 49.4 Å². The number of aryl methyl sites for hydroxylation is 1. The number of rotatable bonds is 3. The van der Waals surface area contributed by atoms with Gasteiger partial charge in [-0.25, -0.2) is 0 Å². The molecule has 0 aliphatic rings. The third-order valence-corrected chi connectivity index (χ3v) is 5.06. The predicted octanol–water partition coefficient (Wildman–Crippen LogP) is 4.18. The fourth-order valence-corrected chi connectivity index (χ4v) is 3.65. The Labute approximate surface area is 155 Å². The summed E-state index contributed by atoms with van der Waals surface area (Å²) in [6.45, 7) is 1.87. The van der Waals surface area contributed by atoms with Crippen LogP contribution in [-0.2, 0) is 0 Å². The summed E-state index contributed by atoms with van der Waals surface area (Å²) in [4.78, 5) is 13.0. The molecule has 124 valence electrons. The van der Waals surface area contributed by atoms with Crippen LogP contribution in [0, 0.1) is 6.92 Å². The lowest BCUT2D eigenvalue weighted by atomic mass is 10.2. The first-order valence-corrected chi connectivity index (χ1v) is 9.07. The van der Waals surface area contributed by atoms with E-state index in [4.69, 9.17) is 0 Å². The predicted molar refractivity (Wildman–Crippen MR) is 101 cm³/mol. The number of hydrogen-bond acceptors (Lipinski definition) is 5. The highest BCUT2D eigenvalue weighted by atomic mass is 79.9. The van der Waals surface area contributed by atoms with Gasteiger partial charge in [-0.1, -0.05) is 33.3 Å². The van der Waals surface area contributed by atoms with Crippen LogP contribution in [0.4, 0.5) is 5.69 Å². The maximum atomic E-state index is 12.3. The summed E-state index contributed by atoms with van der Waals surface area (Å²) in [6.07, 6.45) is 0. The number of carbonyl (C=O) groups excluding carboxylic acids is 1. The number of nitrogens with zero attached hydrogens (tertiary/aromatic N) is 4. The van der Waals surface area contributed by atoms with Gasteiger partial charge in [0.25, 0.3) is 5.91 Å². The van der Waals surface area contributed by atoms with Crippen molar-refractivity contribution in [1.29, 1.82) is 0 Å². The van der Waals surface area contributed by atoms with E-state index in [1.807, 2.05) is 43.3 Å². The van der Waals surface area contributed by atoms with Gasteiger partial charge in [-0.2, -0.15) is 9.61 Å². The third kappa shape index (κ3) is 3.18. The van der Waals surface area contributed by atoms with Gasteiger partial charge in [0.05, 0.1) is 0 Å². The Morgan fingerprint density at radius 1 is 1.16 bits per heavy atom. The molecule has 0 saturated carbocycles. The summed E-state index contributed by atoms with van der Waals surface area (Å²) in [5, 5.41) is 16.3. The second kappa shape index (κ2) is 6.38. The van der Waals surface area contributed by atoms with Crippen molar-refractivity contribution in [1.82, 2.24) is 19.8 Å². The van der Waals surface area contributed by atoms with Gasteiger partial charge < -0.3 is 5.32 Å². The smallest absolute Gasteiger partial charge is 0.255 e. The molecule has 8 heteroatoms. The van der Waals surface area contributed by atoms with Gasteiger partial charge in [0.15, 0.2) is 5.82 Å². The number of carbonyl (C=O) groups is 1. The standard InChI is InChI=1S/C17H12BrN5OS/c1-10-20-21-17-23(10)22-16(25-17)11-5-7-14(8-6-11)19-15(24)12-3-2-4-13(18)9-12/h2-9H,1H3,(H,19,24). The van der Waals surface area contributed by atoms with Gasteiger partial charge in [0.1, 0.15) is 5.01 Å². The number of amides is 1. The van der Waals surface area contributed by atoms with Crippen molar-refractivity contribution in [2.24, 2.45) is 0 Å². The van der Waals surface area contributed by atoms with Crippen molar-refractivity contribution in [3.05, 3.63) is 64.4 Å². The molecule has 1 amide bonds. The number of halogens is 1. The van der Waals surface area contributed by atoms with Gasteiger partial charge >= 0.3 is 0 Å². The highest BCUT2D eigenvalue weighted by molar-refractivity contribution is 9.10. The summed E-state index contributed by atoms with van der Waals surface area (Å²) in [5.74, 6) is 0.610. The number of anilines is 1. The lowest BCUT2D eigenvalue weighted by Crippen LogP contribution is -2.11. The quantitative estimate of drug-likeness (QED) is 0.546. The molecule has 0 unspecified atom stereocenters. The topological polar surface area (TPSA) is 72.2 Å². The van der Waals surface area contributed by atoms with Crippen LogP contribution in [0.3, 0.4) is 0 Å². The summed E-state index contributed by atoms with van der Waals surface area (Å²) in [5.41, 5.74) is 2.30. The van der Waals surface area contributed by atoms with E-state index in [1.165, 1.54) is 11.3 Å². The molecule has 2 heterocycles. The molecular formula is C17H12BrN5OS.